The molecule has 6 nitrogen and oxygen atoms in total. The average Bonchev–Trinajstić information content (AvgIpc) is 2.85. The van der Waals surface area contributed by atoms with Crippen molar-refractivity contribution in [1.82, 2.24) is 14.9 Å². The van der Waals surface area contributed by atoms with Gasteiger partial charge in [-0.1, -0.05) is 0 Å². The molecule has 1 aromatic heterocycles. The topological polar surface area (TPSA) is 67.5 Å². The molecule has 98 valence electrons. The van der Waals surface area contributed by atoms with Crippen molar-refractivity contribution in [2.24, 2.45) is 0 Å². The fourth-order valence-corrected chi connectivity index (χ4v) is 2.98. The monoisotopic (exact) mass is 249 g/mol. The molecule has 2 fully saturated rings. The number of ether oxygens (including phenoxy) is 1. The first-order valence-corrected chi connectivity index (χ1v) is 6.43. The van der Waals surface area contributed by atoms with E-state index in [-0.39, 0.29) is 0 Å². The molecule has 0 bridgehead atoms. The average molecular weight is 249 g/mol. The van der Waals surface area contributed by atoms with E-state index in [1.165, 1.54) is 25.7 Å². The van der Waals surface area contributed by atoms with Gasteiger partial charge in [-0.25, -0.2) is 9.97 Å². The van der Waals surface area contributed by atoms with E-state index >= 15 is 0 Å². The minimum atomic E-state index is 0.413. The van der Waals surface area contributed by atoms with E-state index in [9.17, 15) is 0 Å². The third-order valence-electron chi connectivity index (χ3n) is 3.90. The van der Waals surface area contributed by atoms with Gasteiger partial charge in [-0.05, 0) is 19.4 Å². The Morgan fingerprint density at radius 2 is 2.22 bits per heavy atom. The quantitative estimate of drug-likeness (QED) is 0.816. The highest BCUT2D eigenvalue weighted by Crippen LogP contribution is 2.32. The van der Waals surface area contributed by atoms with Crippen LogP contribution in [0.25, 0.3) is 0 Å². The zero-order valence-corrected chi connectivity index (χ0v) is 10.7. The third-order valence-corrected chi connectivity index (χ3v) is 3.90. The number of aromatic nitrogens is 2. The maximum Gasteiger partial charge on any atom is 0.204 e. The second kappa shape index (κ2) is 4.61. The predicted molar refractivity (Wildman–Crippen MR) is 69.8 cm³/mol. The fraction of sp³-hybridized carbons (Fsp3) is 0.667. The third kappa shape index (κ3) is 1.86. The number of methoxy groups -OCH3 is 1. The lowest BCUT2D eigenvalue weighted by atomic mass is 10.1. The summed E-state index contributed by atoms with van der Waals surface area (Å²) in [5.74, 6) is 1.84. The molecule has 0 aliphatic carbocycles. The highest BCUT2D eigenvalue weighted by molar-refractivity contribution is 5.62. The van der Waals surface area contributed by atoms with Gasteiger partial charge < -0.3 is 15.4 Å². The van der Waals surface area contributed by atoms with Crippen molar-refractivity contribution in [1.29, 1.82) is 0 Å². The molecule has 0 aromatic carbocycles. The molecule has 2 aliphatic rings. The summed E-state index contributed by atoms with van der Waals surface area (Å²) in [5, 5.41) is 0. The number of anilines is 2. The maximum absolute atomic E-state index is 5.83. The van der Waals surface area contributed by atoms with E-state index in [2.05, 4.69) is 19.8 Å². The Morgan fingerprint density at radius 1 is 1.33 bits per heavy atom. The van der Waals surface area contributed by atoms with Gasteiger partial charge in [-0.15, -0.1) is 0 Å². The Morgan fingerprint density at radius 3 is 3.06 bits per heavy atom. The summed E-state index contributed by atoms with van der Waals surface area (Å²) < 4.78 is 5.34. The first kappa shape index (κ1) is 11.5. The Bertz CT molecular complexity index is 438. The number of hydrogen-bond donors (Lipinski definition) is 1. The van der Waals surface area contributed by atoms with Gasteiger partial charge in [-0.3, -0.25) is 4.90 Å². The van der Waals surface area contributed by atoms with E-state index in [0.29, 0.717) is 17.6 Å². The molecular weight excluding hydrogens is 230 g/mol. The number of nitrogens with zero attached hydrogens (tertiary/aromatic N) is 4. The molecule has 0 radical (unpaired) electrons. The van der Waals surface area contributed by atoms with Crippen molar-refractivity contribution in [2.75, 3.05) is 43.9 Å². The van der Waals surface area contributed by atoms with Crippen molar-refractivity contribution in [3.8, 4) is 5.75 Å². The maximum atomic E-state index is 5.83. The second-order valence-corrected chi connectivity index (χ2v) is 4.89. The van der Waals surface area contributed by atoms with Gasteiger partial charge in [0.05, 0.1) is 7.11 Å². The molecule has 3 rings (SSSR count). The van der Waals surface area contributed by atoms with Crippen molar-refractivity contribution >= 4 is 11.6 Å². The molecule has 6 heteroatoms. The summed E-state index contributed by atoms with van der Waals surface area (Å²) in [5.41, 5.74) is 5.83. The summed E-state index contributed by atoms with van der Waals surface area (Å²) in [7, 11) is 1.62. The summed E-state index contributed by atoms with van der Waals surface area (Å²) >= 11 is 0. The van der Waals surface area contributed by atoms with Gasteiger partial charge in [-0.2, -0.15) is 0 Å². The van der Waals surface area contributed by atoms with Crippen LogP contribution in [0.5, 0.6) is 5.75 Å². The number of hydrogen-bond acceptors (Lipinski definition) is 6. The summed E-state index contributed by atoms with van der Waals surface area (Å²) in [4.78, 5) is 13.1. The molecule has 2 N–H and O–H groups in total. The molecule has 2 saturated heterocycles. The fourth-order valence-electron chi connectivity index (χ4n) is 2.98. The van der Waals surface area contributed by atoms with E-state index in [0.717, 1.165) is 25.5 Å². The molecule has 2 aliphatic heterocycles. The number of nitrogens with two attached hydrogens (primary N) is 1. The molecule has 1 atom stereocenters. The van der Waals surface area contributed by atoms with Gasteiger partial charge in [0.1, 0.15) is 6.33 Å². The minimum absolute atomic E-state index is 0.413. The van der Waals surface area contributed by atoms with Crippen LogP contribution in [0.2, 0.25) is 0 Å². The van der Waals surface area contributed by atoms with Crippen LogP contribution in [0.4, 0.5) is 11.6 Å². The molecular formula is C12H19N5O. The van der Waals surface area contributed by atoms with Crippen LogP contribution in [0.15, 0.2) is 6.33 Å². The molecule has 18 heavy (non-hydrogen) atoms. The van der Waals surface area contributed by atoms with Gasteiger partial charge >= 0.3 is 0 Å². The molecule has 0 saturated carbocycles. The number of fused-ring (bicyclic) bond motifs is 1. The molecule has 0 amide bonds. The van der Waals surface area contributed by atoms with E-state index < -0.39 is 0 Å². The second-order valence-electron chi connectivity index (χ2n) is 4.89. The Kier molecular flexibility index (Phi) is 2.95. The smallest absolute Gasteiger partial charge is 0.204 e. The van der Waals surface area contributed by atoms with Crippen LogP contribution >= 0.6 is 0 Å². The van der Waals surface area contributed by atoms with Crippen molar-refractivity contribution in [2.45, 2.75) is 18.9 Å². The standard InChI is InChI=1S/C12H19N5O/c1-18-10-11(13)14-8-15-12(10)17-6-5-16-4-2-3-9(16)7-17/h8-9H,2-7H2,1H3,(H2,13,14,15). The first-order valence-electron chi connectivity index (χ1n) is 6.43. The van der Waals surface area contributed by atoms with Crippen molar-refractivity contribution < 1.29 is 4.74 Å². The molecule has 0 spiro atoms. The summed E-state index contributed by atoms with van der Waals surface area (Å²) in [6, 6.07) is 0.652. The van der Waals surface area contributed by atoms with Crippen LogP contribution < -0.4 is 15.4 Å². The van der Waals surface area contributed by atoms with Crippen LogP contribution in [-0.2, 0) is 0 Å². The van der Waals surface area contributed by atoms with Crippen LogP contribution in [0.1, 0.15) is 12.8 Å². The van der Waals surface area contributed by atoms with E-state index in [1.807, 2.05) is 0 Å². The lowest BCUT2D eigenvalue weighted by Gasteiger charge is -2.38. The van der Waals surface area contributed by atoms with Gasteiger partial charge in [0, 0.05) is 25.7 Å². The predicted octanol–water partition coefficient (Wildman–Crippen LogP) is 0.352. The highest BCUT2D eigenvalue weighted by atomic mass is 16.5. The van der Waals surface area contributed by atoms with Gasteiger partial charge in [0.2, 0.25) is 5.75 Å². The van der Waals surface area contributed by atoms with Crippen LogP contribution in [0.3, 0.4) is 0 Å². The zero-order valence-electron chi connectivity index (χ0n) is 10.7. The zero-order chi connectivity index (χ0) is 12.5. The van der Waals surface area contributed by atoms with Gasteiger partial charge in [0.25, 0.3) is 0 Å². The Hall–Kier alpha value is -1.56. The summed E-state index contributed by atoms with van der Waals surface area (Å²) in [6.45, 7) is 4.31. The van der Waals surface area contributed by atoms with E-state index in [1.54, 1.807) is 7.11 Å². The number of piperazine rings is 1. The number of rotatable bonds is 2. The molecule has 1 aromatic rings. The van der Waals surface area contributed by atoms with Crippen molar-refractivity contribution in [3.05, 3.63) is 6.33 Å². The highest BCUT2D eigenvalue weighted by Gasteiger charge is 2.32. The SMILES string of the molecule is COc1c(N)ncnc1N1CCN2CCCC2C1. The van der Waals surface area contributed by atoms with Crippen molar-refractivity contribution in [3.63, 3.8) is 0 Å². The number of nitrogen functional groups attached to an aromatic ring is 1. The molecule has 1 unspecified atom stereocenters. The minimum Gasteiger partial charge on any atom is -0.490 e. The largest absolute Gasteiger partial charge is 0.490 e. The Labute approximate surface area is 107 Å². The first-order chi connectivity index (χ1) is 8.79. The van der Waals surface area contributed by atoms with Gasteiger partial charge in [0.15, 0.2) is 11.6 Å². The van der Waals surface area contributed by atoms with E-state index in [4.69, 9.17) is 10.5 Å². The van der Waals surface area contributed by atoms with Crippen LogP contribution in [0, 0.1) is 0 Å². The molecule has 3 heterocycles. The Balaban J connectivity index is 1.84. The summed E-state index contributed by atoms with van der Waals surface area (Å²) in [6.07, 6.45) is 4.09. The lowest BCUT2D eigenvalue weighted by molar-refractivity contribution is 0.229. The lowest BCUT2D eigenvalue weighted by Crippen LogP contribution is -2.50. The normalized spacial score (nSPS) is 24.1. The van der Waals surface area contributed by atoms with Crippen LogP contribution in [-0.4, -0.2) is 54.2 Å².